The van der Waals surface area contributed by atoms with Gasteiger partial charge in [-0.15, -0.1) is 0 Å². The Hall–Kier alpha value is 0.759. The fourth-order valence-corrected chi connectivity index (χ4v) is 0. The van der Waals surface area contributed by atoms with Crippen molar-refractivity contribution in [3.63, 3.8) is 0 Å². The summed E-state index contributed by atoms with van der Waals surface area (Å²) in [4.78, 5) is 0. The summed E-state index contributed by atoms with van der Waals surface area (Å²) >= 11 is 0. The molecule has 0 spiro atoms. The molecule has 0 fully saturated rings. The largest absolute Gasteiger partial charge is 0.396 e. The van der Waals surface area contributed by atoms with Crippen molar-refractivity contribution in [1.82, 2.24) is 0 Å². The van der Waals surface area contributed by atoms with Gasteiger partial charge in [-0.3, -0.25) is 0 Å². The second kappa shape index (κ2) is 5.76. The minimum Gasteiger partial charge on any atom is -0.396 e. The zero-order chi connectivity index (χ0) is 4.28. The van der Waals surface area contributed by atoms with Crippen molar-refractivity contribution in [2.45, 2.75) is 13.8 Å². The summed E-state index contributed by atoms with van der Waals surface area (Å²) in [6, 6.07) is 0. The first-order valence-electron chi connectivity index (χ1n) is 1.88. The molecule has 0 aliphatic heterocycles. The maximum atomic E-state index is 8.14. The summed E-state index contributed by atoms with van der Waals surface area (Å²) in [6.07, 6.45) is 0. The second-order valence-electron chi connectivity index (χ2n) is 1.58. The van der Waals surface area contributed by atoms with E-state index in [0.29, 0.717) is 12.5 Å². The summed E-state index contributed by atoms with van der Waals surface area (Å²) in [5.41, 5.74) is 0. The van der Waals surface area contributed by atoms with E-state index in [2.05, 4.69) is 0 Å². The van der Waals surface area contributed by atoms with E-state index in [1.54, 1.807) is 0 Å². The van der Waals surface area contributed by atoms with Crippen molar-refractivity contribution in [1.29, 1.82) is 0 Å². The molecule has 0 amide bonds. The smallest absolute Gasteiger partial charge is 0.0453 e. The molecule has 0 bridgehead atoms. The number of hydrogen-bond donors (Lipinski definition) is 1. The van der Waals surface area contributed by atoms with E-state index in [1.807, 2.05) is 13.8 Å². The third-order valence-corrected chi connectivity index (χ3v) is 0.365. The molecule has 0 saturated heterocycles. The zero-order valence-corrected chi connectivity index (χ0v) is 7.09. The molecule has 0 heterocycles. The minimum atomic E-state index is 0. The van der Waals surface area contributed by atoms with E-state index in [4.69, 9.17) is 5.11 Å². The van der Waals surface area contributed by atoms with Crippen LogP contribution in [-0.2, 0) is 0 Å². The van der Waals surface area contributed by atoms with Gasteiger partial charge in [0.1, 0.15) is 0 Å². The number of rotatable bonds is 1. The fraction of sp³-hybridized carbons (Fsp3) is 1.00. The van der Waals surface area contributed by atoms with Gasteiger partial charge in [0.2, 0.25) is 0 Å². The topological polar surface area (TPSA) is 20.2 Å². The summed E-state index contributed by atoms with van der Waals surface area (Å²) in [6.45, 7) is 4.25. The Morgan fingerprint density at radius 2 is 1.67 bits per heavy atom. The number of aliphatic hydroxyl groups excluding tert-OH is 1. The molecule has 2 heteroatoms. The van der Waals surface area contributed by atoms with Crippen molar-refractivity contribution >= 4 is 23.9 Å². The normalized spacial score (nSPS) is 8.00. The third-order valence-electron chi connectivity index (χ3n) is 0.365. The molecule has 6 heavy (non-hydrogen) atoms. The van der Waals surface area contributed by atoms with Crippen LogP contribution in [0.2, 0.25) is 0 Å². The van der Waals surface area contributed by atoms with Gasteiger partial charge in [0, 0.05) is 30.5 Å². The molecule has 0 unspecified atom stereocenters. The van der Waals surface area contributed by atoms with Gasteiger partial charge in [-0.1, -0.05) is 13.8 Å². The molecule has 0 aliphatic rings. The van der Waals surface area contributed by atoms with Gasteiger partial charge in [0.05, 0.1) is 0 Å². The van der Waals surface area contributed by atoms with E-state index in [-0.39, 0.29) is 23.9 Å². The Labute approximate surface area is 55.7 Å². The second-order valence-corrected chi connectivity index (χ2v) is 1.58. The quantitative estimate of drug-likeness (QED) is 0.591. The number of hydrogen-bond acceptors (Lipinski definition) is 1. The molecular weight excluding hydrogens is 183 g/mol. The van der Waals surface area contributed by atoms with Gasteiger partial charge in [-0.25, -0.2) is 0 Å². The average molecular weight is 193 g/mol. The van der Waals surface area contributed by atoms with Crippen molar-refractivity contribution < 1.29 is 5.11 Å². The van der Waals surface area contributed by atoms with Crippen LogP contribution in [0.15, 0.2) is 0 Å². The van der Waals surface area contributed by atoms with Crippen LogP contribution >= 0.6 is 0 Å². The monoisotopic (exact) mass is 194 g/mol. The van der Waals surface area contributed by atoms with Crippen LogP contribution in [0.4, 0.5) is 0 Å². The van der Waals surface area contributed by atoms with E-state index in [1.165, 1.54) is 0 Å². The van der Waals surface area contributed by atoms with E-state index < -0.39 is 0 Å². The van der Waals surface area contributed by atoms with Crippen LogP contribution in [0, 0.1) is 5.92 Å². The third kappa shape index (κ3) is 8.83. The van der Waals surface area contributed by atoms with Gasteiger partial charge in [0.15, 0.2) is 0 Å². The first-order chi connectivity index (χ1) is 2.27. The molecule has 1 N–H and O–H groups in total. The van der Waals surface area contributed by atoms with Crippen LogP contribution in [0.25, 0.3) is 0 Å². The van der Waals surface area contributed by atoms with E-state index in [9.17, 15) is 0 Å². The Morgan fingerprint density at radius 3 is 1.67 bits per heavy atom. The van der Waals surface area contributed by atoms with Crippen molar-refractivity contribution in [2.24, 2.45) is 5.92 Å². The van der Waals surface area contributed by atoms with Crippen molar-refractivity contribution in [3.8, 4) is 0 Å². The van der Waals surface area contributed by atoms with Crippen LogP contribution in [0.3, 0.4) is 0 Å². The maximum absolute atomic E-state index is 8.14. The van der Waals surface area contributed by atoms with Crippen LogP contribution < -0.4 is 0 Å². The van der Waals surface area contributed by atoms with Gasteiger partial charge >= 0.3 is 0 Å². The fourth-order valence-electron chi connectivity index (χ4n) is 0. The Morgan fingerprint density at radius 1 is 1.50 bits per heavy atom. The van der Waals surface area contributed by atoms with Gasteiger partial charge in [-0.05, 0) is 5.92 Å². The molecule has 0 aromatic carbocycles. The maximum Gasteiger partial charge on any atom is 0.0453 e. The van der Waals surface area contributed by atoms with Crippen LogP contribution in [-0.4, -0.2) is 35.6 Å². The molecule has 0 rings (SSSR count). The summed E-state index contributed by atoms with van der Waals surface area (Å²) in [5, 5.41) is 8.14. The van der Waals surface area contributed by atoms with Crippen molar-refractivity contribution in [3.05, 3.63) is 0 Å². The Kier molecular flexibility index (Phi) is 9.50. The molecule has 0 atom stereocenters. The number of aliphatic hydroxyl groups is 1. The molecule has 36 valence electrons. The molecule has 0 saturated carbocycles. The van der Waals surface area contributed by atoms with E-state index in [0.717, 1.165) is 0 Å². The molecule has 1 nitrogen and oxygen atoms in total. The summed E-state index contributed by atoms with van der Waals surface area (Å²) in [5.74, 6) is 0.440. The molecule has 0 aromatic heterocycles. The summed E-state index contributed by atoms with van der Waals surface area (Å²) < 4.78 is 0. The van der Waals surface area contributed by atoms with Crippen LogP contribution in [0.5, 0.6) is 0 Å². The minimum absolute atomic E-state index is 0. The SMILES string of the molecule is CC(C)CO.[Sn]. The predicted octanol–water partition coefficient (Wildman–Crippen LogP) is 0.254. The van der Waals surface area contributed by atoms with Gasteiger partial charge in [-0.2, -0.15) is 0 Å². The molecule has 4 radical (unpaired) electrons. The average Bonchev–Trinajstić information content (AvgIpc) is 1.38. The molecular formula is C4H10OSn. The first kappa shape index (κ1) is 9.90. The van der Waals surface area contributed by atoms with Gasteiger partial charge < -0.3 is 5.11 Å². The van der Waals surface area contributed by atoms with Crippen molar-refractivity contribution in [2.75, 3.05) is 6.61 Å². The molecule has 0 aromatic rings. The van der Waals surface area contributed by atoms with Gasteiger partial charge in [0.25, 0.3) is 0 Å². The first-order valence-corrected chi connectivity index (χ1v) is 1.88. The molecule has 0 aliphatic carbocycles. The predicted molar refractivity (Wildman–Crippen MR) is 27.7 cm³/mol. The Balaban J connectivity index is 0. The van der Waals surface area contributed by atoms with Crippen LogP contribution in [0.1, 0.15) is 13.8 Å². The zero-order valence-electron chi connectivity index (χ0n) is 4.23. The summed E-state index contributed by atoms with van der Waals surface area (Å²) in [7, 11) is 0. The van der Waals surface area contributed by atoms with E-state index >= 15 is 0 Å². The standard InChI is InChI=1S/C4H10O.Sn/c1-4(2)3-5;/h4-5H,3H2,1-2H3;. The Bertz CT molecular complexity index is 21.5.